The summed E-state index contributed by atoms with van der Waals surface area (Å²) in [6.07, 6.45) is -7.67. The molecule has 18 heteroatoms. The Morgan fingerprint density at radius 3 is 1.79 bits per heavy atom. The normalized spacial score (nSPS) is 21.1. The topological polar surface area (TPSA) is 215 Å². The van der Waals surface area contributed by atoms with Gasteiger partial charge < -0.3 is 33.7 Å². The standard InChI is InChI=1S/C34H42NO16P/c1-21(36)35-30-28(47-23(3)38)17-34(33(41)43-6,50-32(30)31(49-25(5)40)29(48-24(4)39)20-44-22(2)37)51-52(42,45-18-26-13-9-7-10-14-26)46-19-27-15-11-8-12-16-27/h7-16,28-32H,17-20H2,1-6H3,(H,35,36)/t28-,29+,30+,31+,32+,34+/m0/s1. The van der Waals surface area contributed by atoms with Crippen molar-refractivity contribution >= 4 is 43.6 Å². The molecule has 1 heterocycles. The zero-order valence-corrected chi connectivity index (χ0v) is 30.4. The van der Waals surface area contributed by atoms with Gasteiger partial charge in [0.25, 0.3) is 5.79 Å². The second-order valence-electron chi connectivity index (χ2n) is 11.5. The zero-order chi connectivity index (χ0) is 38.5. The summed E-state index contributed by atoms with van der Waals surface area (Å²) in [5.74, 6) is -8.48. The first-order chi connectivity index (χ1) is 24.6. The van der Waals surface area contributed by atoms with Crippen LogP contribution >= 0.6 is 7.82 Å². The van der Waals surface area contributed by atoms with Crippen LogP contribution in [-0.4, -0.2) is 85.7 Å². The summed E-state index contributed by atoms with van der Waals surface area (Å²) in [6, 6.07) is 15.5. The lowest BCUT2D eigenvalue weighted by Crippen LogP contribution is -2.69. The molecule has 1 aliphatic heterocycles. The average molecular weight is 752 g/mol. The third-order valence-corrected chi connectivity index (χ3v) is 8.63. The first-order valence-corrected chi connectivity index (χ1v) is 17.4. The highest BCUT2D eigenvalue weighted by molar-refractivity contribution is 7.48. The molecular formula is C34H42NO16P. The van der Waals surface area contributed by atoms with E-state index in [1.165, 1.54) is 0 Å². The van der Waals surface area contributed by atoms with E-state index in [-0.39, 0.29) is 13.2 Å². The molecule has 1 saturated heterocycles. The molecule has 6 atom stereocenters. The molecule has 0 spiro atoms. The number of hydrogen-bond donors (Lipinski definition) is 1. The van der Waals surface area contributed by atoms with Crippen molar-refractivity contribution in [2.75, 3.05) is 13.7 Å². The molecular weight excluding hydrogens is 709 g/mol. The number of methoxy groups -OCH3 is 1. The third kappa shape index (κ3) is 12.5. The van der Waals surface area contributed by atoms with Crippen LogP contribution in [0.2, 0.25) is 0 Å². The van der Waals surface area contributed by atoms with Gasteiger partial charge in [0, 0.05) is 34.6 Å². The highest BCUT2D eigenvalue weighted by atomic mass is 31.2. The summed E-state index contributed by atoms with van der Waals surface area (Å²) in [4.78, 5) is 75.4. The van der Waals surface area contributed by atoms with Gasteiger partial charge >= 0.3 is 37.7 Å². The van der Waals surface area contributed by atoms with Crippen molar-refractivity contribution in [2.24, 2.45) is 0 Å². The number of nitrogens with one attached hydrogen (secondary N) is 1. The number of phosphoric acid groups is 1. The van der Waals surface area contributed by atoms with Gasteiger partial charge in [0.15, 0.2) is 12.2 Å². The summed E-state index contributed by atoms with van der Waals surface area (Å²) in [5, 5.41) is 2.55. The number of benzene rings is 2. The van der Waals surface area contributed by atoms with Crippen LogP contribution in [0.1, 0.15) is 52.2 Å². The predicted octanol–water partition coefficient (Wildman–Crippen LogP) is 3.07. The van der Waals surface area contributed by atoms with E-state index in [0.717, 1.165) is 41.7 Å². The highest BCUT2D eigenvalue weighted by Gasteiger charge is 2.62. The second-order valence-corrected chi connectivity index (χ2v) is 13.1. The average Bonchev–Trinajstić information content (AvgIpc) is 3.08. The molecule has 0 bridgehead atoms. The number of rotatable bonds is 17. The molecule has 0 aliphatic carbocycles. The number of ether oxygens (including phenoxy) is 6. The summed E-state index contributed by atoms with van der Waals surface area (Å²) in [5.41, 5.74) is 1.08. The Morgan fingerprint density at radius 1 is 0.808 bits per heavy atom. The van der Waals surface area contributed by atoms with Gasteiger partial charge in [0.2, 0.25) is 5.91 Å². The van der Waals surface area contributed by atoms with Gasteiger partial charge in [-0.2, -0.15) is 0 Å². The molecule has 17 nitrogen and oxygen atoms in total. The molecule has 1 fully saturated rings. The van der Waals surface area contributed by atoms with Crippen molar-refractivity contribution in [1.29, 1.82) is 0 Å². The second kappa shape index (κ2) is 19.2. The molecule has 2 aromatic carbocycles. The summed E-state index contributed by atoms with van der Waals surface area (Å²) in [7, 11) is -3.97. The number of hydrogen-bond acceptors (Lipinski definition) is 16. The molecule has 0 aromatic heterocycles. The fourth-order valence-corrected chi connectivity index (χ4v) is 6.57. The number of phosphoric ester groups is 1. The maximum absolute atomic E-state index is 14.6. The Morgan fingerprint density at radius 2 is 1.35 bits per heavy atom. The van der Waals surface area contributed by atoms with Crippen molar-refractivity contribution in [2.45, 2.75) is 90.5 Å². The molecule has 1 N–H and O–H groups in total. The Labute approximate surface area is 300 Å². The maximum Gasteiger partial charge on any atom is 0.478 e. The lowest BCUT2D eigenvalue weighted by atomic mass is 9.88. The van der Waals surface area contributed by atoms with Crippen LogP contribution < -0.4 is 5.32 Å². The monoisotopic (exact) mass is 751 g/mol. The minimum Gasteiger partial charge on any atom is -0.465 e. The van der Waals surface area contributed by atoms with Crippen molar-refractivity contribution in [3.05, 3.63) is 71.8 Å². The van der Waals surface area contributed by atoms with E-state index in [2.05, 4.69) is 5.32 Å². The Bertz CT molecular complexity index is 1560. The van der Waals surface area contributed by atoms with Crippen molar-refractivity contribution in [3.8, 4) is 0 Å². The lowest BCUT2D eigenvalue weighted by molar-refractivity contribution is -0.294. The van der Waals surface area contributed by atoms with Gasteiger partial charge in [-0.3, -0.25) is 33.0 Å². The molecule has 0 saturated carbocycles. The zero-order valence-electron chi connectivity index (χ0n) is 29.5. The first-order valence-electron chi connectivity index (χ1n) is 15.9. The molecule has 1 amide bonds. The van der Waals surface area contributed by atoms with Gasteiger partial charge in [-0.15, -0.1) is 0 Å². The summed E-state index contributed by atoms with van der Waals surface area (Å²) >= 11 is 0. The Balaban J connectivity index is 2.23. The lowest BCUT2D eigenvalue weighted by Gasteiger charge is -2.48. The largest absolute Gasteiger partial charge is 0.478 e. The van der Waals surface area contributed by atoms with Crippen LogP contribution in [0.25, 0.3) is 0 Å². The number of carbonyl (C=O) groups is 6. The van der Waals surface area contributed by atoms with E-state index < -0.39 is 92.8 Å². The molecule has 3 rings (SSSR count). The fourth-order valence-electron chi connectivity index (χ4n) is 5.22. The van der Waals surface area contributed by atoms with Gasteiger partial charge in [0.05, 0.1) is 32.8 Å². The predicted molar refractivity (Wildman–Crippen MR) is 176 cm³/mol. The van der Waals surface area contributed by atoms with Crippen molar-refractivity contribution in [1.82, 2.24) is 5.32 Å². The van der Waals surface area contributed by atoms with Gasteiger partial charge in [0.1, 0.15) is 18.8 Å². The van der Waals surface area contributed by atoms with Gasteiger partial charge in [-0.25, -0.2) is 13.9 Å². The molecule has 1 aliphatic rings. The maximum atomic E-state index is 14.6. The first kappa shape index (κ1) is 41.7. The molecule has 0 unspecified atom stereocenters. The fraction of sp³-hybridized carbons (Fsp3) is 0.471. The molecule has 2 aromatic rings. The SMILES string of the molecule is COC(=O)[C@]1(OP(=O)(OCc2ccccc2)OCc2ccccc2)C[C@H](OC(C)=O)[C@@H](NC(C)=O)[C@H]([C@H](OC(C)=O)[C@@H](COC(C)=O)OC(C)=O)O1. The minimum absolute atomic E-state index is 0.345. The van der Waals surface area contributed by atoms with Crippen LogP contribution in [0.15, 0.2) is 60.7 Å². The van der Waals surface area contributed by atoms with E-state index in [4.69, 9.17) is 42.0 Å². The van der Waals surface area contributed by atoms with Crippen molar-refractivity contribution in [3.63, 3.8) is 0 Å². The molecule has 52 heavy (non-hydrogen) atoms. The van der Waals surface area contributed by atoms with E-state index in [9.17, 15) is 33.3 Å². The smallest absolute Gasteiger partial charge is 0.465 e. The number of carbonyl (C=O) groups excluding carboxylic acids is 6. The van der Waals surface area contributed by atoms with Crippen molar-refractivity contribution < 1.29 is 75.3 Å². The van der Waals surface area contributed by atoms with Gasteiger partial charge in [-0.05, 0) is 11.1 Å². The minimum atomic E-state index is -4.93. The highest BCUT2D eigenvalue weighted by Crippen LogP contribution is 2.56. The van der Waals surface area contributed by atoms with E-state index in [1.807, 2.05) is 0 Å². The van der Waals surface area contributed by atoms with Crippen LogP contribution in [-0.2, 0) is 88.5 Å². The van der Waals surface area contributed by atoms with Crippen LogP contribution in [0.5, 0.6) is 0 Å². The van der Waals surface area contributed by atoms with E-state index in [1.54, 1.807) is 60.7 Å². The van der Waals surface area contributed by atoms with Crippen LogP contribution in [0.4, 0.5) is 0 Å². The van der Waals surface area contributed by atoms with Gasteiger partial charge in [-0.1, -0.05) is 60.7 Å². The number of esters is 5. The summed E-state index contributed by atoms with van der Waals surface area (Å²) < 4.78 is 64.8. The molecule has 284 valence electrons. The number of amides is 1. The molecule has 0 radical (unpaired) electrons. The summed E-state index contributed by atoms with van der Waals surface area (Å²) in [6.45, 7) is 3.85. The van der Waals surface area contributed by atoms with Crippen LogP contribution in [0.3, 0.4) is 0 Å². The quantitative estimate of drug-likeness (QED) is 0.140. The van der Waals surface area contributed by atoms with Crippen LogP contribution in [0, 0.1) is 0 Å². The van der Waals surface area contributed by atoms with E-state index in [0.29, 0.717) is 11.1 Å². The third-order valence-electron chi connectivity index (χ3n) is 7.22. The van der Waals surface area contributed by atoms with E-state index >= 15 is 0 Å². The Kier molecular flexibility index (Phi) is 15.5. The Hall–Kier alpha value is -4.67.